The van der Waals surface area contributed by atoms with E-state index in [-0.39, 0.29) is 5.92 Å². The Kier molecular flexibility index (Phi) is 3.43. The number of alkyl halides is 3. The number of carboxylic acids is 1. The highest BCUT2D eigenvalue weighted by Gasteiger charge is 2.69. The minimum atomic E-state index is -0.851. The molecular formula is C8H11Br3O3. The summed E-state index contributed by atoms with van der Waals surface area (Å²) in [6.45, 7) is 3.61. The van der Waals surface area contributed by atoms with E-state index in [9.17, 15) is 9.90 Å². The zero-order valence-electron chi connectivity index (χ0n) is 7.67. The van der Waals surface area contributed by atoms with Gasteiger partial charge in [-0.1, -0.05) is 61.6 Å². The Bertz CT molecular complexity index is 263. The first-order valence-electron chi connectivity index (χ1n) is 4.11. The Morgan fingerprint density at radius 2 is 1.93 bits per heavy atom. The molecule has 14 heavy (non-hydrogen) atoms. The fourth-order valence-electron chi connectivity index (χ4n) is 2.01. The van der Waals surface area contributed by atoms with Gasteiger partial charge in [0.1, 0.15) is 0 Å². The van der Waals surface area contributed by atoms with Crippen LogP contribution in [0.5, 0.6) is 0 Å². The van der Waals surface area contributed by atoms with Crippen LogP contribution in [0.25, 0.3) is 0 Å². The van der Waals surface area contributed by atoms with E-state index in [1.54, 1.807) is 6.92 Å². The summed E-state index contributed by atoms with van der Waals surface area (Å²) in [5.74, 6) is -1.36. The maximum absolute atomic E-state index is 10.9. The minimum Gasteiger partial charge on any atom is -0.481 e. The van der Waals surface area contributed by atoms with Crippen LogP contribution >= 0.6 is 47.8 Å². The standard InChI is InChI=1S/C8H11Br3O3/c1-3-4(5(12)13)7(3,2)6(14)8(9,10)11/h3-4,6,14H,1-2H3,(H,12,13)/t3-,4-,6?,7?/m1/s1. The quantitative estimate of drug-likeness (QED) is 0.708. The topological polar surface area (TPSA) is 57.5 Å². The van der Waals surface area contributed by atoms with Crippen LogP contribution in [-0.2, 0) is 4.79 Å². The van der Waals surface area contributed by atoms with E-state index in [1.807, 2.05) is 6.92 Å². The summed E-state index contributed by atoms with van der Waals surface area (Å²) < 4.78 is -0.819. The van der Waals surface area contributed by atoms with Crippen molar-refractivity contribution in [1.82, 2.24) is 0 Å². The van der Waals surface area contributed by atoms with Gasteiger partial charge in [-0.3, -0.25) is 4.79 Å². The number of aliphatic hydroxyl groups is 1. The number of halogens is 3. The first kappa shape index (κ1) is 12.9. The third-order valence-electron chi connectivity index (χ3n) is 3.21. The first-order chi connectivity index (χ1) is 6.13. The zero-order chi connectivity index (χ0) is 11.3. The number of aliphatic carboxylic acids is 1. The maximum atomic E-state index is 10.9. The lowest BCUT2D eigenvalue weighted by molar-refractivity contribution is -0.140. The molecule has 0 bridgehead atoms. The van der Waals surface area contributed by atoms with Crippen molar-refractivity contribution in [2.45, 2.75) is 22.1 Å². The number of carbonyl (C=O) groups is 1. The van der Waals surface area contributed by atoms with E-state index in [0.29, 0.717) is 0 Å². The van der Waals surface area contributed by atoms with E-state index in [4.69, 9.17) is 5.11 Å². The molecule has 0 aromatic heterocycles. The first-order valence-corrected chi connectivity index (χ1v) is 6.49. The van der Waals surface area contributed by atoms with Crippen molar-refractivity contribution in [3.63, 3.8) is 0 Å². The fourth-order valence-corrected chi connectivity index (χ4v) is 3.48. The molecule has 6 heteroatoms. The van der Waals surface area contributed by atoms with Crippen molar-refractivity contribution < 1.29 is 15.0 Å². The highest BCUT2D eigenvalue weighted by Crippen LogP contribution is 2.64. The van der Waals surface area contributed by atoms with Crippen molar-refractivity contribution in [2.24, 2.45) is 17.3 Å². The summed E-state index contributed by atoms with van der Waals surface area (Å²) in [6.07, 6.45) is -0.814. The number of rotatable bonds is 2. The van der Waals surface area contributed by atoms with Crippen LogP contribution in [0.3, 0.4) is 0 Å². The molecule has 1 saturated carbocycles. The molecule has 0 aromatic carbocycles. The molecule has 0 amide bonds. The van der Waals surface area contributed by atoms with Gasteiger partial charge in [0, 0.05) is 5.41 Å². The molecule has 1 fully saturated rings. The minimum absolute atomic E-state index is 0.0259. The van der Waals surface area contributed by atoms with Gasteiger partial charge >= 0.3 is 5.97 Å². The van der Waals surface area contributed by atoms with Crippen molar-refractivity contribution in [1.29, 1.82) is 0 Å². The lowest BCUT2D eigenvalue weighted by Gasteiger charge is -2.27. The van der Waals surface area contributed by atoms with Crippen LogP contribution in [-0.4, -0.2) is 24.4 Å². The fraction of sp³-hybridized carbons (Fsp3) is 0.875. The van der Waals surface area contributed by atoms with Gasteiger partial charge in [0.15, 0.2) is 2.14 Å². The smallest absolute Gasteiger partial charge is 0.307 e. The summed E-state index contributed by atoms with van der Waals surface area (Å²) in [4.78, 5) is 10.9. The second kappa shape index (κ2) is 3.71. The molecule has 0 radical (unpaired) electrons. The van der Waals surface area contributed by atoms with Gasteiger partial charge in [-0.25, -0.2) is 0 Å². The van der Waals surface area contributed by atoms with Gasteiger partial charge in [0.05, 0.1) is 12.0 Å². The monoisotopic (exact) mass is 392 g/mol. The highest BCUT2D eigenvalue weighted by molar-refractivity contribution is 9.39. The third-order valence-corrected chi connectivity index (χ3v) is 4.51. The summed E-state index contributed by atoms with van der Waals surface area (Å²) in [5.41, 5.74) is -0.595. The summed E-state index contributed by atoms with van der Waals surface area (Å²) in [7, 11) is 0. The molecule has 1 aliphatic rings. The highest BCUT2D eigenvalue weighted by atomic mass is 80.0. The number of hydrogen-bond donors (Lipinski definition) is 2. The molecular weight excluding hydrogens is 384 g/mol. The van der Waals surface area contributed by atoms with Crippen LogP contribution in [0.2, 0.25) is 0 Å². The van der Waals surface area contributed by atoms with Crippen LogP contribution in [0.4, 0.5) is 0 Å². The predicted molar refractivity (Wildman–Crippen MR) is 63.9 cm³/mol. The van der Waals surface area contributed by atoms with E-state index in [1.165, 1.54) is 0 Å². The van der Waals surface area contributed by atoms with E-state index >= 15 is 0 Å². The molecule has 1 rings (SSSR count). The Balaban J connectivity index is 2.85. The summed E-state index contributed by atoms with van der Waals surface area (Å²) >= 11 is 9.64. The lowest BCUT2D eigenvalue weighted by atomic mass is 9.98. The Morgan fingerprint density at radius 3 is 2.14 bits per heavy atom. The van der Waals surface area contributed by atoms with Gasteiger partial charge < -0.3 is 10.2 Å². The maximum Gasteiger partial charge on any atom is 0.307 e. The predicted octanol–water partition coefficient (Wildman–Crippen LogP) is 2.54. The molecule has 0 aliphatic heterocycles. The average molecular weight is 395 g/mol. The number of carboxylic acid groups (broad SMARTS) is 1. The van der Waals surface area contributed by atoms with Crippen molar-refractivity contribution in [2.75, 3.05) is 0 Å². The van der Waals surface area contributed by atoms with Gasteiger partial charge in [0.2, 0.25) is 0 Å². The SMILES string of the molecule is C[C@@H]1[C@H](C(=O)O)C1(C)C(O)C(Br)(Br)Br. The second-order valence-electron chi connectivity index (χ2n) is 3.91. The van der Waals surface area contributed by atoms with Gasteiger partial charge in [-0.05, 0) is 5.92 Å². The molecule has 3 nitrogen and oxygen atoms in total. The van der Waals surface area contributed by atoms with Crippen LogP contribution in [0, 0.1) is 17.3 Å². The molecule has 2 N–H and O–H groups in total. The molecule has 0 heterocycles. The molecule has 0 spiro atoms. The average Bonchev–Trinajstić information content (AvgIpc) is 2.52. The van der Waals surface area contributed by atoms with E-state index in [2.05, 4.69) is 47.8 Å². The second-order valence-corrected chi connectivity index (χ2v) is 10.9. The van der Waals surface area contributed by atoms with Crippen LogP contribution < -0.4 is 0 Å². The van der Waals surface area contributed by atoms with Gasteiger partial charge in [0.25, 0.3) is 0 Å². The largest absolute Gasteiger partial charge is 0.481 e. The molecule has 0 saturated heterocycles. The number of hydrogen-bond acceptors (Lipinski definition) is 2. The normalized spacial score (nSPS) is 39.3. The summed E-state index contributed by atoms with van der Waals surface area (Å²) in [6, 6.07) is 0. The van der Waals surface area contributed by atoms with Crippen LogP contribution in [0.15, 0.2) is 0 Å². The Morgan fingerprint density at radius 1 is 1.50 bits per heavy atom. The lowest BCUT2D eigenvalue weighted by Crippen LogP contribution is -2.35. The number of aliphatic hydroxyl groups excluding tert-OH is 1. The molecule has 2 unspecified atom stereocenters. The molecule has 4 atom stereocenters. The molecule has 0 aromatic rings. The third kappa shape index (κ3) is 1.90. The van der Waals surface area contributed by atoms with Crippen molar-refractivity contribution in [3.8, 4) is 0 Å². The van der Waals surface area contributed by atoms with Crippen molar-refractivity contribution >= 4 is 53.8 Å². The summed E-state index contributed by atoms with van der Waals surface area (Å²) in [5, 5.41) is 18.9. The van der Waals surface area contributed by atoms with E-state index < -0.39 is 25.5 Å². The molecule has 1 aliphatic carbocycles. The van der Waals surface area contributed by atoms with Crippen LogP contribution in [0.1, 0.15) is 13.8 Å². The van der Waals surface area contributed by atoms with Gasteiger partial charge in [-0.15, -0.1) is 0 Å². The Labute approximate surface area is 108 Å². The van der Waals surface area contributed by atoms with Crippen molar-refractivity contribution in [3.05, 3.63) is 0 Å². The zero-order valence-corrected chi connectivity index (χ0v) is 12.4. The molecule has 82 valence electrons. The Hall–Kier alpha value is 0.870. The van der Waals surface area contributed by atoms with Gasteiger partial charge in [-0.2, -0.15) is 0 Å². The van der Waals surface area contributed by atoms with E-state index in [0.717, 1.165) is 0 Å².